The molecule has 1 heterocycles. The molecule has 0 aromatic carbocycles. The molecule has 15 heavy (non-hydrogen) atoms. The minimum Gasteiger partial charge on any atom is -0.382 e. The molecule has 0 bridgehead atoms. The molecule has 0 aliphatic carbocycles. The first-order valence-electron chi connectivity index (χ1n) is 4.71. The number of rotatable bonds is 4. The Hall–Kier alpha value is -0.0000000000000000486. The van der Waals surface area contributed by atoms with Crippen LogP contribution in [-0.2, 0) is 14.0 Å². The van der Waals surface area contributed by atoms with E-state index in [1.807, 2.05) is 0 Å². The third kappa shape index (κ3) is 3.50. The first-order valence-corrected chi connectivity index (χ1v) is 6.82. The molecule has 1 aliphatic heterocycles. The van der Waals surface area contributed by atoms with Gasteiger partial charge in [0.2, 0.25) is 0 Å². The van der Waals surface area contributed by atoms with E-state index >= 15 is 0 Å². The van der Waals surface area contributed by atoms with E-state index in [2.05, 4.69) is 5.09 Å². The SMILES string of the molecule is COC[C@H]1O[C@@H](C)[C@@H](F)C1NP(C)(=O)O. The van der Waals surface area contributed by atoms with Crippen LogP contribution in [0.5, 0.6) is 0 Å². The Bertz CT molecular complexity index is 259. The number of alkyl halides is 1. The third-order valence-corrected chi connectivity index (χ3v) is 3.08. The van der Waals surface area contributed by atoms with Crippen LogP contribution in [0.25, 0.3) is 0 Å². The fraction of sp³-hybridized carbons (Fsp3) is 1.00. The number of hydrogen-bond acceptors (Lipinski definition) is 3. The third-order valence-electron chi connectivity index (χ3n) is 2.30. The highest BCUT2D eigenvalue weighted by atomic mass is 31.2. The van der Waals surface area contributed by atoms with Gasteiger partial charge in [0.15, 0.2) is 0 Å². The number of halogens is 1. The largest absolute Gasteiger partial charge is 0.382 e. The Morgan fingerprint density at radius 3 is 2.73 bits per heavy atom. The molecule has 0 amide bonds. The predicted octanol–water partition coefficient (Wildman–Crippen LogP) is 0.532. The van der Waals surface area contributed by atoms with E-state index in [0.29, 0.717) is 0 Å². The van der Waals surface area contributed by atoms with Crippen molar-refractivity contribution in [2.24, 2.45) is 0 Å². The first-order chi connectivity index (χ1) is 6.85. The average Bonchev–Trinajstić information content (AvgIpc) is 2.32. The molecule has 5 nitrogen and oxygen atoms in total. The zero-order valence-corrected chi connectivity index (χ0v) is 9.91. The summed E-state index contributed by atoms with van der Waals surface area (Å²) in [6.07, 6.45) is -2.42. The Balaban J connectivity index is 2.68. The van der Waals surface area contributed by atoms with Gasteiger partial charge in [-0.25, -0.2) is 9.48 Å². The van der Waals surface area contributed by atoms with Crippen molar-refractivity contribution >= 4 is 7.52 Å². The van der Waals surface area contributed by atoms with Crippen molar-refractivity contribution in [2.75, 3.05) is 20.4 Å². The molecule has 90 valence electrons. The Morgan fingerprint density at radius 2 is 2.27 bits per heavy atom. The molecule has 1 saturated heterocycles. The lowest BCUT2D eigenvalue weighted by molar-refractivity contribution is -0.00468. The lowest BCUT2D eigenvalue weighted by atomic mass is 10.1. The van der Waals surface area contributed by atoms with Gasteiger partial charge < -0.3 is 14.4 Å². The molecular weight excluding hydrogens is 224 g/mol. The van der Waals surface area contributed by atoms with E-state index < -0.39 is 31.9 Å². The van der Waals surface area contributed by atoms with Crippen molar-refractivity contribution in [3.8, 4) is 0 Å². The van der Waals surface area contributed by atoms with Crippen LogP contribution in [0.3, 0.4) is 0 Å². The summed E-state index contributed by atoms with van der Waals surface area (Å²) in [6.45, 7) is 2.92. The predicted molar refractivity (Wildman–Crippen MR) is 53.8 cm³/mol. The van der Waals surface area contributed by atoms with Gasteiger partial charge in [0.1, 0.15) is 6.17 Å². The molecule has 2 N–H and O–H groups in total. The fourth-order valence-corrected chi connectivity index (χ4v) is 2.53. The van der Waals surface area contributed by atoms with Crippen LogP contribution in [-0.4, -0.2) is 49.7 Å². The number of hydrogen-bond donors (Lipinski definition) is 2. The highest BCUT2D eigenvalue weighted by Crippen LogP contribution is 2.35. The zero-order valence-electron chi connectivity index (χ0n) is 9.01. The highest BCUT2D eigenvalue weighted by Gasteiger charge is 2.44. The summed E-state index contributed by atoms with van der Waals surface area (Å²) < 4.78 is 34.9. The van der Waals surface area contributed by atoms with Crippen LogP contribution in [0.2, 0.25) is 0 Å². The maximum absolute atomic E-state index is 13.6. The van der Waals surface area contributed by atoms with Gasteiger partial charge in [0.05, 0.1) is 24.9 Å². The highest BCUT2D eigenvalue weighted by molar-refractivity contribution is 7.55. The Labute approximate surface area is 88.5 Å². The van der Waals surface area contributed by atoms with Gasteiger partial charge in [-0.15, -0.1) is 0 Å². The van der Waals surface area contributed by atoms with Crippen LogP contribution in [0.15, 0.2) is 0 Å². The summed E-state index contributed by atoms with van der Waals surface area (Å²) >= 11 is 0. The minimum absolute atomic E-state index is 0.197. The molecule has 1 aliphatic rings. The fourth-order valence-electron chi connectivity index (χ4n) is 1.67. The summed E-state index contributed by atoms with van der Waals surface area (Å²) in [6, 6.07) is -0.791. The molecule has 0 aromatic heterocycles. The van der Waals surface area contributed by atoms with E-state index in [4.69, 9.17) is 14.4 Å². The van der Waals surface area contributed by atoms with Crippen molar-refractivity contribution in [3.63, 3.8) is 0 Å². The van der Waals surface area contributed by atoms with Crippen LogP contribution in [0.1, 0.15) is 6.92 Å². The lowest BCUT2D eigenvalue weighted by Crippen LogP contribution is -2.42. The topological polar surface area (TPSA) is 67.8 Å². The molecule has 0 aromatic rings. The minimum atomic E-state index is -3.47. The van der Waals surface area contributed by atoms with Crippen molar-refractivity contribution < 1.29 is 23.3 Å². The van der Waals surface area contributed by atoms with E-state index in [9.17, 15) is 8.96 Å². The lowest BCUT2D eigenvalue weighted by Gasteiger charge is -2.21. The molecule has 5 atom stereocenters. The maximum Gasteiger partial charge on any atom is 0.264 e. The molecule has 2 unspecified atom stereocenters. The second kappa shape index (κ2) is 4.89. The molecule has 7 heteroatoms. The summed E-state index contributed by atoms with van der Waals surface area (Å²) in [4.78, 5) is 9.15. The number of nitrogens with one attached hydrogen (secondary N) is 1. The smallest absolute Gasteiger partial charge is 0.264 e. The quantitative estimate of drug-likeness (QED) is 0.703. The van der Waals surface area contributed by atoms with Gasteiger partial charge in [-0.3, -0.25) is 4.57 Å². The Morgan fingerprint density at radius 1 is 1.67 bits per heavy atom. The summed E-state index contributed by atoms with van der Waals surface area (Å²) in [7, 11) is -1.99. The van der Waals surface area contributed by atoms with E-state index in [0.717, 1.165) is 6.66 Å². The van der Waals surface area contributed by atoms with Gasteiger partial charge in [-0.2, -0.15) is 0 Å². The standard InChI is InChI=1S/C8H17FNO4P/c1-5-7(9)8(10-15(3,11)12)6(14-5)4-13-2/h5-8H,4H2,1-3H3,(H2,10,11,12)/t5-,6+,7+,8?/m0/s1. The van der Waals surface area contributed by atoms with E-state index in [-0.39, 0.29) is 6.61 Å². The zero-order chi connectivity index (χ0) is 11.6. The van der Waals surface area contributed by atoms with Crippen LogP contribution >= 0.6 is 7.52 Å². The van der Waals surface area contributed by atoms with E-state index in [1.165, 1.54) is 7.11 Å². The number of methoxy groups -OCH3 is 1. The first kappa shape index (κ1) is 13.1. The molecule has 1 fully saturated rings. The molecule has 1 rings (SSSR count). The second-order valence-electron chi connectivity index (χ2n) is 3.81. The summed E-state index contributed by atoms with van der Waals surface area (Å²) in [5, 5.41) is 2.36. The molecule has 0 radical (unpaired) electrons. The average molecular weight is 241 g/mol. The van der Waals surface area contributed by atoms with Gasteiger partial charge in [0, 0.05) is 13.8 Å². The van der Waals surface area contributed by atoms with Crippen molar-refractivity contribution in [1.82, 2.24) is 5.09 Å². The van der Waals surface area contributed by atoms with Crippen molar-refractivity contribution in [2.45, 2.75) is 31.3 Å². The van der Waals surface area contributed by atoms with E-state index in [1.54, 1.807) is 6.92 Å². The van der Waals surface area contributed by atoms with Crippen molar-refractivity contribution in [3.05, 3.63) is 0 Å². The van der Waals surface area contributed by atoms with Crippen LogP contribution in [0.4, 0.5) is 4.39 Å². The Kier molecular flexibility index (Phi) is 4.26. The van der Waals surface area contributed by atoms with Gasteiger partial charge in [-0.1, -0.05) is 0 Å². The maximum atomic E-state index is 13.6. The normalized spacial score (nSPS) is 40.3. The summed E-state index contributed by atoms with van der Waals surface area (Å²) in [5.41, 5.74) is 0. The molecular formula is C8H17FNO4P. The van der Waals surface area contributed by atoms with Gasteiger partial charge in [-0.05, 0) is 6.92 Å². The van der Waals surface area contributed by atoms with Crippen LogP contribution in [0, 0.1) is 0 Å². The summed E-state index contributed by atoms with van der Waals surface area (Å²) in [5.74, 6) is 0. The molecule has 0 saturated carbocycles. The van der Waals surface area contributed by atoms with Crippen molar-refractivity contribution in [1.29, 1.82) is 0 Å². The van der Waals surface area contributed by atoms with Gasteiger partial charge >= 0.3 is 0 Å². The van der Waals surface area contributed by atoms with Crippen LogP contribution < -0.4 is 5.09 Å². The molecule has 0 spiro atoms. The number of ether oxygens (including phenoxy) is 2. The monoisotopic (exact) mass is 241 g/mol. The van der Waals surface area contributed by atoms with Gasteiger partial charge in [0.25, 0.3) is 7.52 Å². The second-order valence-corrected chi connectivity index (χ2v) is 5.83.